The van der Waals surface area contributed by atoms with E-state index in [0.717, 1.165) is 16.3 Å². The molecule has 2 rings (SSSR count). The van der Waals surface area contributed by atoms with E-state index in [1.165, 1.54) is 16.0 Å². The number of aryl methyl sites for hydroxylation is 1. The number of hydrogen-bond donors (Lipinski definition) is 0. The summed E-state index contributed by atoms with van der Waals surface area (Å²) in [6.45, 7) is 1.86. The number of aldehydes is 1. The van der Waals surface area contributed by atoms with E-state index in [0.29, 0.717) is 11.3 Å². The Bertz CT molecular complexity index is 719. The first-order chi connectivity index (χ1) is 9.46. The van der Waals surface area contributed by atoms with Crippen LogP contribution in [0.1, 0.15) is 17.3 Å². The van der Waals surface area contributed by atoms with Crippen molar-refractivity contribution >= 4 is 43.4 Å². The van der Waals surface area contributed by atoms with Gasteiger partial charge in [-0.3, -0.25) is 9.48 Å². The van der Waals surface area contributed by atoms with Crippen molar-refractivity contribution in [2.24, 2.45) is 0 Å². The number of aromatic nitrogens is 2. The summed E-state index contributed by atoms with van der Waals surface area (Å²) in [5, 5.41) is 8.12. The fourth-order valence-corrected chi connectivity index (χ4v) is 3.89. The Labute approximate surface area is 129 Å². The van der Waals surface area contributed by atoms with Crippen LogP contribution in [0.3, 0.4) is 0 Å². The lowest BCUT2D eigenvalue weighted by atomic mass is 10.2. The van der Waals surface area contributed by atoms with E-state index in [1.54, 1.807) is 13.1 Å². The molecule has 0 N–H and O–H groups in total. The van der Waals surface area contributed by atoms with Crippen molar-refractivity contribution in [2.75, 3.05) is 11.5 Å². The Morgan fingerprint density at radius 3 is 2.75 bits per heavy atom. The molecule has 2 aromatic heterocycles. The predicted octanol–water partition coefficient (Wildman–Crippen LogP) is 2.62. The predicted molar refractivity (Wildman–Crippen MR) is 83.0 cm³/mol. The average molecular weight is 377 g/mol. The van der Waals surface area contributed by atoms with E-state index in [9.17, 15) is 13.2 Å². The summed E-state index contributed by atoms with van der Waals surface area (Å²) < 4.78 is 25.4. The first-order valence-electron chi connectivity index (χ1n) is 5.92. The van der Waals surface area contributed by atoms with Crippen LogP contribution in [0.5, 0.6) is 0 Å². The molecule has 2 aromatic rings. The standard InChI is InChI=1S/C12H13BrN2O3S2/c1-2-20(17,18)4-3-15-5-9(6-16)12(14-15)10-7-19-8-11(10)13/h5-8H,2-4H2,1H3. The van der Waals surface area contributed by atoms with Crippen molar-refractivity contribution in [3.05, 3.63) is 27.0 Å². The summed E-state index contributed by atoms with van der Waals surface area (Å²) in [6, 6.07) is 0. The van der Waals surface area contributed by atoms with Gasteiger partial charge in [-0.05, 0) is 15.9 Å². The number of halogens is 1. The van der Waals surface area contributed by atoms with Crippen molar-refractivity contribution in [1.82, 2.24) is 9.78 Å². The third-order valence-corrected chi connectivity index (χ3v) is 6.24. The maximum atomic E-state index is 11.5. The van der Waals surface area contributed by atoms with Crippen molar-refractivity contribution in [3.8, 4) is 11.3 Å². The second-order valence-electron chi connectivity index (χ2n) is 4.18. The molecule has 0 bridgehead atoms. The van der Waals surface area contributed by atoms with Gasteiger partial charge < -0.3 is 0 Å². The fourth-order valence-electron chi connectivity index (χ4n) is 1.67. The lowest BCUT2D eigenvalue weighted by Crippen LogP contribution is -2.14. The summed E-state index contributed by atoms with van der Waals surface area (Å²) in [5.41, 5.74) is 1.87. The van der Waals surface area contributed by atoms with Crippen LogP contribution in [-0.4, -0.2) is 36.0 Å². The molecule has 20 heavy (non-hydrogen) atoms. The fraction of sp³-hybridized carbons (Fsp3) is 0.333. The van der Waals surface area contributed by atoms with Crippen molar-refractivity contribution in [1.29, 1.82) is 0 Å². The summed E-state index contributed by atoms with van der Waals surface area (Å²) in [5.74, 6) is 0.130. The van der Waals surface area contributed by atoms with E-state index in [2.05, 4.69) is 21.0 Å². The topological polar surface area (TPSA) is 69.0 Å². The number of carbonyl (C=O) groups is 1. The maximum absolute atomic E-state index is 11.5. The molecule has 0 atom stereocenters. The smallest absolute Gasteiger partial charge is 0.153 e. The van der Waals surface area contributed by atoms with Crippen LogP contribution in [0.25, 0.3) is 11.3 Å². The van der Waals surface area contributed by atoms with Crippen molar-refractivity contribution in [2.45, 2.75) is 13.5 Å². The summed E-state index contributed by atoms with van der Waals surface area (Å²) in [4.78, 5) is 11.1. The Hall–Kier alpha value is -0.990. The zero-order chi connectivity index (χ0) is 14.8. The number of carbonyl (C=O) groups excluding carboxylic acids is 1. The molecule has 0 aliphatic heterocycles. The van der Waals surface area contributed by atoms with E-state index >= 15 is 0 Å². The molecule has 0 fully saturated rings. The molecule has 108 valence electrons. The maximum Gasteiger partial charge on any atom is 0.153 e. The zero-order valence-corrected chi connectivity index (χ0v) is 14.0. The van der Waals surface area contributed by atoms with Gasteiger partial charge in [-0.25, -0.2) is 8.42 Å². The van der Waals surface area contributed by atoms with Crippen molar-refractivity contribution in [3.63, 3.8) is 0 Å². The molecule has 0 unspecified atom stereocenters. The molecule has 0 saturated heterocycles. The normalized spacial score (nSPS) is 11.7. The van der Waals surface area contributed by atoms with Crippen LogP contribution in [0.2, 0.25) is 0 Å². The molecular formula is C12H13BrN2O3S2. The zero-order valence-electron chi connectivity index (χ0n) is 10.7. The van der Waals surface area contributed by atoms with Gasteiger partial charge in [0.2, 0.25) is 0 Å². The third-order valence-electron chi connectivity index (χ3n) is 2.86. The van der Waals surface area contributed by atoms with Gasteiger partial charge in [-0.15, -0.1) is 0 Å². The molecule has 0 amide bonds. The molecule has 0 radical (unpaired) electrons. The number of sulfone groups is 1. The number of thiophene rings is 1. The molecule has 0 spiro atoms. The van der Waals surface area contributed by atoms with Crippen LogP contribution >= 0.6 is 27.3 Å². The highest BCUT2D eigenvalue weighted by molar-refractivity contribution is 9.10. The number of hydrogen-bond acceptors (Lipinski definition) is 5. The summed E-state index contributed by atoms with van der Waals surface area (Å²) in [7, 11) is -3.05. The largest absolute Gasteiger partial charge is 0.298 e. The Balaban J connectivity index is 2.28. The number of nitrogens with zero attached hydrogens (tertiary/aromatic N) is 2. The Morgan fingerprint density at radius 1 is 1.45 bits per heavy atom. The van der Waals surface area contributed by atoms with E-state index in [-0.39, 0.29) is 18.1 Å². The van der Waals surface area contributed by atoms with Crippen LogP contribution < -0.4 is 0 Å². The minimum absolute atomic E-state index is 0.0216. The monoisotopic (exact) mass is 376 g/mol. The lowest BCUT2D eigenvalue weighted by Gasteiger charge is -2.01. The van der Waals surface area contributed by atoms with Crippen molar-refractivity contribution < 1.29 is 13.2 Å². The van der Waals surface area contributed by atoms with Crippen LogP contribution in [0, 0.1) is 0 Å². The van der Waals surface area contributed by atoms with Gasteiger partial charge in [0.05, 0.1) is 17.9 Å². The lowest BCUT2D eigenvalue weighted by molar-refractivity contribution is 0.112. The van der Waals surface area contributed by atoms with E-state index in [4.69, 9.17) is 0 Å². The molecule has 2 heterocycles. The first kappa shape index (κ1) is 15.4. The minimum Gasteiger partial charge on any atom is -0.298 e. The molecule has 0 aliphatic rings. The highest BCUT2D eigenvalue weighted by Gasteiger charge is 2.15. The third kappa shape index (κ3) is 3.36. The molecule has 5 nitrogen and oxygen atoms in total. The highest BCUT2D eigenvalue weighted by atomic mass is 79.9. The molecule has 0 aromatic carbocycles. The SMILES string of the molecule is CCS(=O)(=O)CCn1cc(C=O)c(-c2cscc2Br)n1. The molecule has 0 saturated carbocycles. The summed E-state index contributed by atoms with van der Waals surface area (Å²) >= 11 is 4.91. The molecular weight excluding hydrogens is 364 g/mol. The van der Waals surface area contributed by atoms with Crippen LogP contribution in [0.4, 0.5) is 0 Å². The van der Waals surface area contributed by atoms with Gasteiger partial charge in [-0.2, -0.15) is 16.4 Å². The van der Waals surface area contributed by atoms with Gasteiger partial charge in [0, 0.05) is 32.7 Å². The van der Waals surface area contributed by atoms with Crippen LogP contribution in [-0.2, 0) is 16.4 Å². The molecule has 0 aliphatic carbocycles. The Morgan fingerprint density at radius 2 is 2.20 bits per heavy atom. The average Bonchev–Trinajstić information content (AvgIpc) is 3.02. The Kier molecular flexibility index (Phi) is 4.77. The van der Waals surface area contributed by atoms with Gasteiger partial charge in [0.1, 0.15) is 5.69 Å². The quantitative estimate of drug-likeness (QED) is 0.726. The highest BCUT2D eigenvalue weighted by Crippen LogP contribution is 2.32. The van der Waals surface area contributed by atoms with Gasteiger partial charge in [0.25, 0.3) is 0 Å². The molecule has 8 heteroatoms. The van der Waals surface area contributed by atoms with E-state index < -0.39 is 9.84 Å². The second-order valence-corrected chi connectivity index (χ2v) is 8.25. The summed E-state index contributed by atoms with van der Waals surface area (Å²) in [6.07, 6.45) is 2.31. The first-order valence-corrected chi connectivity index (χ1v) is 9.47. The van der Waals surface area contributed by atoms with Gasteiger partial charge in [0.15, 0.2) is 16.1 Å². The van der Waals surface area contributed by atoms with Gasteiger partial charge in [-0.1, -0.05) is 6.92 Å². The minimum atomic E-state index is -3.05. The van der Waals surface area contributed by atoms with Gasteiger partial charge >= 0.3 is 0 Å². The van der Waals surface area contributed by atoms with E-state index in [1.807, 2.05) is 10.8 Å². The van der Waals surface area contributed by atoms with Crippen LogP contribution in [0.15, 0.2) is 21.4 Å². The number of rotatable bonds is 6. The second kappa shape index (κ2) is 6.19.